The van der Waals surface area contributed by atoms with Gasteiger partial charge in [0.1, 0.15) is 0 Å². The number of nitrogens with zero attached hydrogens (tertiary/aromatic N) is 1. The second-order valence-electron chi connectivity index (χ2n) is 5.90. The molecule has 2 atom stereocenters. The van der Waals surface area contributed by atoms with E-state index in [0.29, 0.717) is 29.8 Å². The number of hydrogen-bond acceptors (Lipinski definition) is 4. The lowest BCUT2D eigenvalue weighted by molar-refractivity contribution is 0.0527. The Morgan fingerprint density at radius 2 is 2.10 bits per heavy atom. The minimum atomic E-state index is -0.345. The Morgan fingerprint density at radius 1 is 1.38 bits per heavy atom. The molecule has 116 valence electrons. The highest BCUT2D eigenvalue weighted by Crippen LogP contribution is 2.34. The molecule has 4 nitrogen and oxygen atoms in total. The van der Waals surface area contributed by atoms with Gasteiger partial charge in [0.25, 0.3) is 0 Å². The van der Waals surface area contributed by atoms with Gasteiger partial charge in [-0.15, -0.1) is 0 Å². The number of carbonyl (C=O) groups excluding carboxylic acids is 1. The molecule has 1 aliphatic rings. The third-order valence-corrected chi connectivity index (χ3v) is 4.52. The first kappa shape index (κ1) is 15.7. The van der Waals surface area contributed by atoms with Crippen molar-refractivity contribution in [2.24, 2.45) is 5.92 Å². The van der Waals surface area contributed by atoms with Crippen LogP contribution < -0.4 is 10.6 Å². The lowest BCUT2D eigenvalue weighted by atomic mass is 9.85. The van der Waals surface area contributed by atoms with Crippen LogP contribution in [0.1, 0.15) is 49.9 Å². The van der Waals surface area contributed by atoms with Gasteiger partial charge in [0.05, 0.1) is 23.5 Å². The fraction of sp³-hybridized carbons (Fsp3) is 0.588. The monoisotopic (exact) mass is 290 g/mol. The van der Waals surface area contributed by atoms with Crippen LogP contribution in [-0.2, 0) is 4.74 Å². The molecule has 0 saturated heterocycles. The van der Waals surface area contributed by atoms with Gasteiger partial charge in [0.15, 0.2) is 0 Å². The van der Waals surface area contributed by atoms with E-state index in [2.05, 4.69) is 18.9 Å². The number of para-hydroxylation sites is 1. The number of hydrogen-bond donors (Lipinski definition) is 1. The minimum Gasteiger partial charge on any atom is -0.462 e. The Labute approximate surface area is 127 Å². The highest BCUT2D eigenvalue weighted by Gasteiger charge is 2.27. The molecule has 4 heteroatoms. The van der Waals surface area contributed by atoms with Crippen molar-refractivity contribution >= 4 is 17.3 Å². The normalized spacial score (nSPS) is 21.9. The van der Waals surface area contributed by atoms with E-state index in [1.807, 2.05) is 12.1 Å². The maximum atomic E-state index is 12.0. The minimum absolute atomic E-state index is 0.345. The summed E-state index contributed by atoms with van der Waals surface area (Å²) in [6, 6.07) is 6.08. The van der Waals surface area contributed by atoms with E-state index in [0.717, 1.165) is 5.69 Å². The first-order valence-corrected chi connectivity index (χ1v) is 7.84. The lowest BCUT2D eigenvalue weighted by Gasteiger charge is -2.38. The van der Waals surface area contributed by atoms with E-state index in [9.17, 15) is 4.79 Å². The number of nitrogens with two attached hydrogens (primary N) is 1. The molecule has 0 heterocycles. The summed E-state index contributed by atoms with van der Waals surface area (Å²) in [7, 11) is 2.08. The molecular weight excluding hydrogens is 264 g/mol. The number of nitrogen functional groups attached to an aromatic ring is 1. The third kappa shape index (κ3) is 3.31. The largest absolute Gasteiger partial charge is 0.462 e. The van der Waals surface area contributed by atoms with Gasteiger partial charge in [-0.3, -0.25) is 0 Å². The predicted molar refractivity (Wildman–Crippen MR) is 86.6 cm³/mol. The van der Waals surface area contributed by atoms with Crippen LogP contribution in [-0.4, -0.2) is 25.7 Å². The first-order valence-electron chi connectivity index (χ1n) is 7.84. The van der Waals surface area contributed by atoms with Crippen molar-refractivity contribution < 1.29 is 9.53 Å². The average Bonchev–Trinajstić information content (AvgIpc) is 2.47. The molecule has 2 unspecified atom stereocenters. The van der Waals surface area contributed by atoms with Crippen LogP contribution >= 0.6 is 0 Å². The SMILES string of the molecule is CCOC(=O)c1cccc(N(C)C2CCCCC2C)c1N. The number of anilines is 2. The van der Waals surface area contributed by atoms with Gasteiger partial charge in [-0.1, -0.05) is 25.8 Å². The van der Waals surface area contributed by atoms with Crippen LogP contribution in [0.4, 0.5) is 11.4 Å². The van der Waals surface area contributed by atoms with Crippen molar-refractivity contribution in [2.75, 3.05) is 24.3 Å². The topological polar surface area (TPSA) is 55.6 Å². The second kappa shape index (κ2) is 6.83. The summed E-state index contributed by atoms with van der Waals surface area (Å²) < 4.78 is 5.07. The molecule has 1 saturated carbocycles. The van der Waals surface area contributed by atoms with Gasteiger partial charge in [-0.2, -0.15) is 0 Å². The van der Waals surface area contributed by atoms with Crippen LogP contribution in [0.2, 0.25) is 0 Å². The molecule has 1 aromatic carbocycles. The van der Waals surface area contributed by atoms with E-state index in [-0.39, 0.29) is 5.97 Å². The van der Waals surface area contributed by atoms with Crippen LogP contribution in [0.25, 0.3) is 0 Å². The summed E-state index contributed by atoms with van der Waals surface area (Å²) in [6.07, 6.45) is 5.01. The highest BCUT2D eigenvalue weighted by molar-refractivity contribution is 5.98. The molecule has 2 rings (SSSR count). The van der Waals surface area contributed by atoms with Crippen molar-refractivity contribution in [1.82, 2.24) is 0 Å². The fourth-order valence-electron chi connectivity index (χ4n) is 3.30. The standard InChI is InChI=1S/C17H26N2O2/c1-4-21-17(20)13-9-7-11-15(16(13)18)19(3)14-10-6-5-8-12(14)2/h7,9,11-12,14H,4-6,8,10,18H2,1-3H3. The Kier molecular flexibility index (Phi) is 5.10. The fourth-order valence-corrected chi connectivity index (χ4v) is 3.30. The summed E-state index contributed by atoms with van der Waals surface area (Å²) in [6.45, 7) is 4.46. The van der Waals surface area contributed by atoms with Gasteiger partial charge in [0, 0.05) is 13.1 Å². The molecule has 1 aromatic rings. The summed E-state index contributed by atoms with van der Waals surface area (Å²) >= 11 is 0. The van der Waals surface area contributed by atoms with Gasteiger partial charge in [-0.25, -0.2) is 4.79 Å². The van der Waals surface area contributed by atoms with Gasteiger partial charge >= 0.3 is 5.97 Å². The number of ether oxygens (including phenoxy) is 1. The van der Waals surface area contributed by atoms with E-state index in [1.54, 1.807) is 13.0 Å². The van der Waals surface area contributed by atoms with Crippen molar-refractivity contribution in [2.45, 2.75) is 45.6 Å². The number of benzene rings is 1. The van der Waals surface area contributed by atoms with Crippen LogP contribution in [0.5, 0.6) is 0 Å². The number of rotatable bonds is 4. The zero-order valence-electron chi connectivity index (χ0n) is 13.3. The smallest absolute Gasteiger partial charge is 0.340 e. The summed E-state index contributed by atoms with van der Waals surface area (Å²) in [5.41, 5.74) is 8.14. The molecule has 1 aliphatic carbocycles. The van der Waals surface area contributed by atoms with Crippen molar-refractivity contribution in [3.63, 3.8) is 0 Å². The van der Waals surface area contributed by atoms with Gasteiger partial charge < -0.3 is 15.4 Å². The van der Waals surface area contributed by atoms with Crippen LogP contribution in [0, 0.1) is 5.92 Å². The summed E-state index contributed by atoms with van der Waals surface area (Å²) in [5.74, 6) is 0.302. The van der Waals surface area contributed by atoms with E-state index < -0.39 is 0 Å². The first-order chi connectivity index (χ1) is 10.1. The van der Waals surface area contributed by atoms with E-state index in [4.69, 9.17) is 10.5 Å². The summed E-state index contributed by atoms with van der Waals surface area (Å²) in [5, 5.41) is 0. The van der Waals surface area contributed by atoms with Crippen molar-refractivity contribution in [3.05, 3.63) is 23.8 Å². The molecule has 0 aromatic heterocycles. The van der Waals surface area contributed by atoms with Gasteiger partial charge in [-0.05, 0) is 37.8 Å². The maximum Gasteiger partial charge on any atom is 0.340 e. The zero-order chi connectivity index (χ0) is 15.4. The molecule has 0 bridgehead atoms. The van der Waals surface area contributed by atoms with Crippen molar-refractivity contribution in [3.8, 4) is 0 Å². The molecule has 0 spiro atoms. The Hall–Kier alpha value is -1.71. The Bertz CT molecular complexity index is 502. The number of esters is 1. The molecule has 1 fully saturated rings. The Morgan fingerprint density at radius 3 is 2.76 bits per heavy atom. The Balaban J connectivity index is 2.26. The molecule has 0 radical (unpaired) electrons. The molecule has 0 amide bonds. The quantitative estimate of drug-likeness (QED) is 0.681. The van der Waals surface area contributed by atoms with E-state index in [1.165, 1.54) is 25.7 Å². The number of carbonyl (C=O) groups is 1. The average molecular weight is 290 g/mol. The van der Waals surface area contributed by atoms with Crippen LogP contribution in [0.3, 0.4) is 0 Å². The molecule has 0 aliphatic heterocycles. The van der Waals surface area contributed by atoms with Crippen molar-refractivity contribution in [1.29, 1.82) is 0 Å². The summed E-state index contributed by atoms with van der Waals surface area (Å²) in [4.78, 5) is 14.2. The molecule has 21 heavy (non-hydrogen) atoms. The maximum absolute atomic E-state index is 12.0. The zero-order valence-corrected chi connectivity index (χ0v) is 13.3. The van der Waals surface area contributed by atoms with Gasteiger partial charge in [0.2, 0.25) is 0 Å². The third-order valence-electron chi connectivity index (χ3n) is 4.52. The highest BCUT2D eigenvalue weighted by atomic mass is 16.5. The molecule has 2 N–H and O–H groups in total. The van der Waals surface area contributed by atoms with Crippen LogP contribution in [0.15, 0.2) is 18.2 Å². The predicted octanol–water partition coefficient (Wildman–Crippen LogP) is 3.46. The molecular formula is C17H26N2O2. The van der Waals surface area contributed by atoms with E-state index >= 15 is 0 Å². The lowest BCUT2D eigenvalue weighted by Crippen LogP contribution is -2.39. The second-order valence-corrected chi connectivity index (χ2v) is 5.90.